The first-order valence-corrected chi connectivity index (χ1v) is 13.1. The van der Waals surface area contributed by atoms with Gasteiger partial charge >= 0.3 is 12.0 Å². The van der Waals surface area contributed by atoms with E-state index in [4.69, 9.17) is 4.74 Å². The molecule has 0 bridgehead atoms. The van der Waals surface area contributed by atoms with Crippen molar-refractivity contribution < 1.29 is 33.5 Å². The standard InChI is InChI=1S/C29H30FN5O7/c1-33(24-12-10-19(28(37)38)16-25(24)35(40)41)17-20-6-5-13-34(20)27(36)15-18-9-11-23(26(14-18)42-2)32-29(39)31-22-8-4-3-7-21(22)30/h3-4,7-12,14,16,20H,5-6,13,15,17H2,1-2H3,(H,37,38)(H2,31,32,39)/t20-/m0/s1. The van der Waals surface area contributed by atoms with Crippen LogP contribution in [0.3, 0.4) is 0 Å². The van der Waals surface area contributed by atoms with E-state index in [0.717, 1.165) is 12.5 Å². The fourth-order valence-corrected chi connectivity index (χ4v) is 4.96. The lowest BCUT2D eigenvalue weighted by molar-refractivity contribution is -0.384. The fraction of sp³-hybridized carbons (Fsp3) is 0.276. The molecule has 0 spiro atoms. The van der Waals surface area contributed by atoms with Gasteiger partial charge in [0.2, 0.25) is 5.91 Å². The van der Waals surface area contributed by atoms with E-state index in [1.165, 1.54) is 37.4 Å². The van der Waals surface area contributed by atoms with Gasteiger partial charge in [-0.25, -0.2) is 14.0 Å². The number of benzene rings is 3. The zero-order chi connectivity index (χ0) is 30.4. The van der Waals surface area contributed by atoms with E-state index in [0.29, 0.717) is 36.5 Å². The summed E-state index contributed by atoms with van der Waals surface area (Å²) in [6.45, 7) is 0.854. The highest BCUT2D eigenvalue weighted by molar-refractivity contribution is 6.00. The van der Waals surface area contributed by atoms with Gasteiger partial charge in [-0.3, -0.25) is 14.9 Å². The summed E-state index contributed by atoms with van der Waals surface area (Å²) in [7, 11) is 3.10. The molecule has 1 fully saturated rings. The Bertz CT molecular complexity index is 1520. The Kier molecular flexibility index (Phi) is 9.20. The highest BCUT2D eigenvalue weighted by atomic mass is 19.1. The molecular formula is C29H30FN5O7. The predicted molar refractivity (Wildman–Crippen MR) is 154 cm³/mol. The fourth-order valence-electron chi connectivity index (χ4n) is 4.96. The third-order valence-electron chi connectivity index (χ3n) is 7.00. The van der Waals surface area contributed by atoms with Crippen LogP contribution in [-0.2, 0) is 11.2 Å². The number of aromatic carboxylic acids is 1. The van der Waals surface area contributed by atoms with Crippen molar-refractivity contribution in [2.24, 2.45) is 0 Å². The van der Waals surface area contributed by atoms with Crippen molar-refractivity contribution in [2.75, 3.05) is 42.8 Å². The number of halogens is 1. The van der Waals surface area contributed by atoms with Crippen molar-refractivity contribution in [3.63, 3.8) is 0 Å². The van der Waals surface area contributed by atoms with Crippen LogP contribution in [0.2, 0.25) is 0 Å². The third kappa shape index (κ3) is 6.92. The molecule has 0 aliphatic carbocycles. The lowest BCUT2D eigenvalue weighted by Gasteiger charge is -2.30. The number of carboxylic acids is 1. The van der Waals surface area contributed by atoms with E-state index in [1.807, 2.05) is 0 Å². The smallest absolute Gasteiger partial charge is 0.335 e. The molecule has 220 valence electrons. The highest BCUT2D eigenvalue weighted by Crippen LogP contribution is 2.31. The van der Waals surface area contributed by atoms with Gasteiger partial charge in [0.25, 0.3) is 5.69 Å². The van der Waals surface area contributed by atoms with Crippen molar-refractivity contribution in [1.29, 1.82) is 0 Å². The molecule has 1 atom stereocenters. The number of para-hydroxylation sites is 1. The van der Waals surface area contributed by atoms with Crippen LogP contribution in [0.25, 0.3) is 0 Å². The maximum atomic E-state index is 13.9. The number of amides is 3. The largest absolute Gasteiger partial charge is 0.495 e. The molecule has 1 heterocycles. The van der Waals surface area contributed by atoms with Crippen LogP contribution in [-0.4, -0.2) is 66.1 Å². The molecule has 13 heteroatoms. The molecular weight excluding hydrogens is 549 g/mol. The zero-order valence-electron chi connectivity index (χ0n) is 23.0. The second-order valence-corrected chi connectivity index (χ2v) is 9.80. The first kappa shape index (κ1) is 29.8. The Labute approximate surface area is 240 Å². The summed E-state index contributed by atoms with van der Waals surface area (Å²) in [6.07, 6.45) is 1.54. The summed E-state index contributed by atoms with van der Waals surface area (Å²) in [5.74, 6) is -1.65. The predicted octanol–water partition coefficient (Wildman–Crippen LogP) is 4.75. The van der Waals surface area contributed by atoms with Crippen molar-refractivity contribution in [1.82, 2.24) is 4.90 Å². The summed E-state index contributed by atoms with van der Waals surface area (Å²) in [6, 6.07) is 13.6. The Morgan fingerprint density at radius 1 is 1.12 bits per heavy atom. The number of rotatable bonds is 10. The van der Waals surface area contributed by atoms with Crippen LogP contribution in [0.4, 0.5) is 31.9 Å². The van der Waals surface area contributed by atoms with E-state index < -0.39 is 22.7 Å². The Balaban J connectivity index is 1.41. The van der Waals surface area contributed by atoms with Gasteiger partial charge in [0.15, 0.2) is 0 Å². The number of carboxylic acid groups (broad SMARTS) is 1. The van der Waals surface area contributed by atoms with Crippen LogP contribution < -0.4 is 20.3 Å². The molecule has 4 rings (SSSR count). The van der Waals surface area contributed by atoms with E-state index >= 15 is 0 Å². The maximum Gasteiger partial charge on any atom is 0.335 e. The zero-order valence-corrected chi connectivity index (χ0v) is 23.0. The first-order chi connectivity index (χ1) is 20.1. The van der Waals surface area contributed by atoms with Gasteiger partial charge in [0.1, 0.15) is 17.3 Å². The summed E-state index contributed by atoms with van der Waals surface area (Å²) < 4.78 is 19.3. The normalized spacial score (nSPS) is 14.3. The number of ether oxygens (including phenoxy) is 1. The number of urea groups is 1. The van der Waals surface area contributed by atoms with Gasteiger partial charge < -0.3 is 30.3 Å². The number of hydrogen-bond donors (Lipinski definition) is 3. The molecule has 0 radical (unpaired) electrons. The van der Waals surface area contributed by atoms with Crippen molar-refractivity contribution in [3.8, 4) is 5.75 Å². The average molecular weight is 580 g/mol. The van der Waals surface area contributed by atoms with Crippen LogP contribution in [0.5, 0.6) is 5.75 Å². The number of hydrogen-bond acceptors (Lipinski definition) is 7. The molecule has 3 aromatic rings. The molecule has 12 nitrogen and oxygen atoms in total. The highest BCUT2D eigenvalue weighted by Gasteiger charge is 2.31. The molecule has 42 heavy (non-hydrogen) atoms. The van der Waals surface area contributed by atoms with E-state index in [-0.39, 0.29) is 41.0 Å². The molecule has 0 unspecified atom stereocenters. The SMILES string of the molecule is COc1cc(CC(=O)N2CCC[C@H]2CN(C)c2ccc(C(=O)O)cc2[N+](=O)[O-])ccc1NC(=O)Nc1ccccc1F. The third-order valence-corrected chi connectivity index (χ3v) is 7.00. The number of nitro groups is 1. The number of methoxy groups -OCH3 is 1. The number of carbonyl (C=O) groups is 3. The lowest BCUT2D eigenvalue weighted by Crippen LogP contribution is -2.43. The van der Waals surface area contributed by atoms with Gasteiger partial charge in [-0.2, -0.15) is 0 Å². The minimum atomic E-state index is -1.26. The van der Waals surface area contributed by atoms with Crippen molar-refractivity contribution in [2.45, 2.75) is 25.3 Å². The number of anilines is 3. The van der Waals surface area contributed by atoms with E-state index in [9.17, 15) is 34.0 Å². The summed E-state index contributed by atoms with van der Waals surface area (Å²) >= 11 is 0. The monoisotopic (exact) mass is 579 g/mol. The minimum Gasteiger partial charge on any atom is -0.495 e. The van der Waals surface area contributed by atoms with Crippen molar-refractivity contribution >= 4 is 40.7 Å². The van der Waals surface area contributed by atoms with Gasteiger partial charge in [0, 0.05) is 32.2 Å². The van der Waals surface area contributed by atoms with Crippen LogP contribution in [0.1, 0.15) is 28.8 Å². The van der Waals surface area contributed by atoms with Crippen molar-refractivity contribution in [3.05, 3.63) is 87.7 Å². The summed E-state index contributed by atoms with van der Waals surface area (Å²) in [5, 5.41) is 25.9. The number of likely N-dealkylation sites (N-methyl/N-ethyl adjacent to an activating group) is 1. The minimum absolute atomic E-state index is 0.0221. The van der Waals surface area contributed by atoms with Crippen LogP contribution in [0, 0.1) is 15.9 Å². The number of carbonyl (C=O) groups excluding carboxylic acids is 2. The Morgan fingerprint density at radius 3 is 2.55 bits per heavy atom. The second kappa shape index (κ2) is 13.0. The molecule has 3 aromatic carbocycles. The number of nitro benzene ring substituents is 1. The van der Waals surface area contributed by atoms with Gasteiger partial charge in [-0.05, 0) is 54.8 Å². The second-order valence-electron chi connectivity index (χ2n) is 9.80. The van der Waals surface area contributed by atoms with Crippen LogP contribution in [0.15, 0.2) is 60.7 Å². The van der Waals surface area contributed by atoms with Gasteiger partial charge in [-0.1, -0.05) is 18.2 Å². The maximum absolute atomic E-state index is 13.9. The first-order valence-electron chi connectivity index (χ1n) is 13.1. The number of nitrogens with zero attached hydrogens (tertiary/aromatic N) is 3. The topological polar surface area (TPSA) is 154 Å². The quantitative estimate of drug-likeness (QED) is 0.230. The molecule has 1 aliphatic rings. The summed E-state index contributed by atoms with van der Waals surface area (Å²) in [5.41, 5.74) is 0.759. The molecule has 3 N–H and O–H groups in total. The average Bonchev–Trinajstić information content (AvgIpc) is 3.42. The lowest BCUT2D eigenvalue weighted by atomic mass is 10.1. The molecule has 0 saturated carbocycles. The van der Waals surface area contributed by atoms with Crippen LogP contribution >= 0.6 is 0 Å². The Hall–Kier alpha value is -5.20. The molecule has 1 saturated heterocycles. The molecule has 0 aromatic heterocycles. The van der Waals surface area contributed by atoms with E-state index in [2.05, 4.69) is 10.6 Å². The Morgan fingerprint density at radius 2 is 1.86 bits per heavy atom. The molecule has 1 aliphatic heterocycles. The molecule has 3 amide bonds. The van der Waals surface area contributed by atoms with E-state index in [1.54, 1.807) is 41.1 Å². The van der Waals surface area contributed by atoms with Gasteiger partial charge in [0.05, 0.1) is 35.4 Å². The summed E-state index contributed by atoms with van der Waals surface area (Å²) in [4.78, 5) is 51.4. The number of nitrogens with one attached hydrogen (secondary N) is 2. The van der Waals surface area contributed by atoms with Gasteiger partial charge in [-0.15, -0.1) is 0 Å². The number of likely N-dealkylation sites (tertiary alicyclic amines) is 1.